The number of carbonyl (C=O) groups excluding carboxylic acids is 1. The van der Waals surface area contributed by atoms with Gasteiger partial charge in [0.05, 0.1) is 18.4 Å². The van der Waals surface area contributed by atoms with E-state index in [1.165, 1.54) is 0 Å². The number of hydrogen-bond donors (Lipinski definition) is 2. The second kappa shape index (κ2) is 5.84. The van der Waals surface area contributed by atoms with Crippen molar-refractivity contribution in [1.82, 2.24) is 0 Å². The summed E-state index contributed by atoms with van der Waals surface area (Å²) in [6.07, 6.45) is 2.23. The fourth-order valence-corrected chi connectivity index (χ4v) is 2.03. The highest BCUT2D eigenvalue weighted by Gasteiger charge is 2.37. The molecule has 1 saturated carbocycles. The maximum absolute atomic E-state index is 11.7. The average molecular weight is 230 g/mol. The number of ether oxygens (including phenoxy) is 1. The van der Waals surface area contributed by atoms with Crippen LogP contribution in [0.15, 0.2) is 0 Å². The van der Waals surface area contributed by atoms with Gasteiger partial charge in [0.1, 0.15) is 6.10 Å². The van der Waals surface area contributed by atoms with E-state index in [0.29, 0.717) is 12.8 Å². The molecule has 5 nitrogen and oxygen atoms in total. The molecule has 92 valence electrons. The Bertz CT molecular complexity index is 263. The van der Waals surface area contributed by atoms with E-state index in [2.05, 4.69) is 0 Å². The van der Waals surface area contributed by atoms with E-state index in [-0.39, 0.29) is 6.61 Å². The molecule has 0 spiro atoms. The van der Waals surface area contributed by atoms with Gasteiger partial charge in [-0.2, -0.15) is 0 Å². The largest absolute Gasteiger partial charge is 0.481 e. The van der Waals surface area contributed by atoms with Gasteiger partial charge in [-0.05, 0) is 19.8 Å². The van der Waals surface area contributed by atoms with E-state index in [4.69, 9.17) is 14.9 Å². The first-order chi connectivity index (χ1) is 7.56. The van der Waals surface area contributed by atoms with Gasteiger partial charge >= 0.3 is 11.9 Å². The summed E-state index contributed by atoms with van der Waals surface area (Å²) in [5.74, 6) is -2.61. The Labute approximate surface area is 94.4 Å². The predicted octanol–water partition coefficient (Wildman–Crippen LogP) is 0.801. The van der Waals surface area contributed by atoms with Crippen LogP contribution in [-0.4, -0.2) is 34.9 Å². The number of esters is 1. The Morgan fingerprint density at radius 1 is 1.31 bits per heavy atom. The Morgan fingerprint density at radius 2 is 1.88 bits per heavy atom. The maximum Gasteiger partial charge on any atom is 0.310 e. The number of carbonyl (C=O) groups is 2. The molecule has 0 aromatic heterocycles. The van der Waals surface area contributed by atoms with Crippen LogP contribution in [0.4, 0.5) is 0 Å². The van der Waals surface area contributed by atoms with Gasteiger partial charge in [-0.25, -0.2) is 0 Å². The number of aliphatic carboxylic acids is 1. The first kappa shape index (κ1) is 13.0. The van der Waals surface area contributed by atoms with E-state index in [0.717, 1.165) is 12.8 Å². The zero-order valence-electron chi connectivity index (χ0n) is 9.39. The summed E-state index contributed by atoms with van der Waals surface area (Å²) >= 11 is 0. The highest BCUT2D eigenvalue weighted by molar-refractivity contribution is 5.81. The van der Waals surface area contributed by atoms with Crippen molar-refractivity contribution in [1.29, 1.82) is 0 Å². The normalized spacial score (nSPS) is 27.1. The third-order valence-electron chi connectivity index (χ3n) is 2.96. The lowest BCUT2D eigenvalue weighted by molar-refractivity contribution is -0.164. The molecule has 1 aliphatic carbocycles. The molecular weight excluding hydrogens is 212 g/mol. The van der Waals surface area contributed by atoms with E-state index in [9.17, 15) is 9.59 Å². The van der Waals surface area contributed by atoms with Crippen molar-refractivity contribution < 1.29 is 24.5 Å². The molecule has 3 atom stereocenters. The van der Waals surface area contributed by atoms with Crippen LogP contribution in [-0.2, 0) is 14.3 Å². The maximum atomic E-state index is 11.7. The van der Waals surface area contributed by atoms with Crippen LogP contribution in [0.3, 0.4) is 0 Å². The van der Waals surface area contributed by atoms with E-state index >= 15 is 0 Å². The molecular formula is C11H18O5. The van der Waals surface area contributed by atoms with Crippen LogP contribution in [0.2, 0.25) is 0 Å². The van der Waals surface area contributed by atoms with Gasteiger partial charge in [-0.15, -0.1) is 0 Å². The van der Waals surface area contributed by atoms with Gasteiger partial charge in [-0.1, -0.05) is 12.8 Å². The minimum Gasteiger partial charge on any atom is -0.481 e. The van der Waals surface area contributed by atoms with Crippen LogP contribution < -0.4 is 0 Å². The fraction of sp³-hybridized carbons (Fsp3) is 0.818. The average Bonchev–Trinajstić information content (AvgIpc) is 2.28. The minimum absolute atomic E-state index is 0.240. The van der Waals surface area contributed by atoms with Gasteiger partial charge in [0.2, 0.25) is 0 Å². The lowest BCUT2D eigenvalue weighted by Gasteiger charge is -2.27. The molecule has 3 unspecified atom stereocenters. The molecule has 16 heavy (non-hydrogen) atoms. The van der Waals surface area contributed by atoms with Gasteiger partial charge in [-0.3, -0.25) is 9.59 Å². The van der Waals surface area contributed by atoms with Gasteiger partial charge in [0, 0.05) is 0 Å². The Kier molecular flexibility index (Phi) is 4.73. The summed E-state index contributed by atoms with van der Waals surface area (Å²) in [7, 11) is 0. The number of carboxylic acid groups (broad SMARTS) is 1. The summed E-state index contributed by atoms with van der Waals surface area (Å²) in [5, 5.41) is 17.8. The number of aliphatic hydroxyl groups is 1. The van der Waals surface area contributed by atoms with Crippen LogP contribution >= 0.6 is 0 Å². The number of aliphatic hydroxyl groups excluding tert-OH is 1. The Balaban J connectivity index is 2.60. The van der Waals surface area contributed by atoms with Gasteiger partial charge < -0.3 is 14.9 Å². The highest BCUT2D eigenvalue weighted by atomic mass is 16.6. The lowest BCUT2D eigenvalue weighted by atomic mass is 9.79. The molecule has 2 N–H and O–H groups in total. The third kappa shape index (κ3) is 3.20. The SMILES string of the molecule is CC(CO)OC(=O)C1CCCCC1C(=O)O. The first-order valence-corrected chi connectivity index (χ1v) is 5.60. The van der Waals surface area contributed by atoms with Crippen molar-refractivity contribution in [3.63, 3.8) is 0 Å². The number of carboxylic acids is 1. The first-order valence-electron chi connectivity index (χ1n) is 5.60. The highest BCUT2D eigenvalue weighted by Crippen LogP contribution is 2.31. The quantitative estimate of drug-likeness (QED) is 0.698. The van der Waals surface area contributed by atoms with Crippen LogP contribution in [0.25, 0.3) is 0 Å². The van der Waals surface area contributed by atoms with Crippen molar-refractivity contribution in [2.45, 2.75) is 38.7 Å². The zero-order chi connectivity index (χ0) is 12.1. The summed E-state index contributed by atoms with van der Waals surface area (Å²) in [6, 6.07) is 0. The number of hydrogen-bond acceptors (Lipinski definition) is 4. The standard InChI is InChI=1S/C11H18O5/c1-7(6-12)16-11(15)9-5-3-2-4-8(9)10(13)14/h7-9,12H,2-6H2,1H3,(H,13,14). The van der Waals surface area contributed by atoms with Gasteiger partial charge in [0.25, 0.3) is 0 Å². The molecule has 0 heterocycles. The Morgan fingerprint density at radius 3 is 2.38 bits per heavy atom. The summed E-state index contributed by atoms with van der Waals surface area (Å²) in [4.78, 5) is 22.7. The van der Waals surface area contributed by atoms with E-state index in [1.54, 1.807) is 6.92 Å². The second-order valence-electron chi connectivity index (χ2n) is 4.27. The van der Waals surface area contributed by atoms with Crippen LogP contribution in [0.1, 0.15) is 32.6 Å². The summed E-state index contributed by atoms with van der Waals surface area (Å²) < 4.78 is 4.97. The molecule has 0 aromatic rings. The van der Waals surface area contributed by atoms with Crippen molar-refractivity contribution in [2.24, 2.45) is 11.8 Å². The molecule has 0 radical (unpaired) electrons. The molecule has 5 heteroatoms. The number of rotatable bonds is 4. The van der Waals surface area contributed by atoms with Crippen molar-refractivity contribution >= 4 is 11.9 Å². The molecule has 0 amide bonds. The molecule has 1 aliphatic rings. The smallest absolute Gasteiger partial charge is 0.310 e. The Hall–Kier alpha value is -1.10. The summed E-state index contributed by atoms with van der Waals surface area (Å²) in [6.45, 7) is 1.34. The lowest BCUT2D eigenvalue weighted by Crippen LogP contribution is -2.35. The van der Waals surface area contributed by atoms with Crippen LogP contribution in [0, 0.1) is 11.8 Å². The van der Waals surface area contributed by atoms with Crippen molar-refractivity contribution in [3.05, 3.63) is 0 Å². The van der Waals surface area contributed by atoms with Gasteiger partial charge in [0.15, 0.2) is 0 Å². The van der Waals surface area contributed by atoms with Crippen molar-refractivity contribution in [2.75, 3.05) is 6.61 Å². The predicted molar refractivity (Wildman–Crippen MR) is 55.7 cm³/mol. The van der Waals surface area contributed by atoms with Crippen LogP contribution in [0.5, 0.6) is 0 Å². The third-order valence-corrected chi connectivity index (χ3v) is 2.96. The minimum atomic E-state index is -0.932. The van der Waals surface area contributed by atoms with E-state index < -0.39 is 29.9 Å². The molecule has 0 saturated heterocycles. The molecule has 0 aliphatic heterocycles. The molecule has 0 bridgehead atoms. The zero-order valence-corrected chi connectivity index (χ0v) is 9.39. The van der Waals surface area contributed by atoms with Crippen molar-refractivity contribution in [3.8, 4) is 0 Å². The second-order valence-corrected chi connectivity index (χ2v) is 4.27. The monoisotopic (exact) mass is 230 g/mol. The molecule has 1 rings (SSSR count). The molecule has 1 fully saturated rings. The summed E-state index contributed by atoms with van der Waals surface area (Å²) in [5.41, 5.74) is 0. The fourth-order valence-electron chi connectivity index (χ4n) is 2.03. The topological polar surface area (TPSA) is 83.8 Å². The van der Waals surface area contributed by atoms with E-state index in [1.807, 2.05) is 0 Å². The molecule has 0 aromatic carbocycles.